The third-order valence-corrected chi connectivity index (χ3v) is 5.91. The average Bonchev–Trinajstić information content (AvgIpc) is 2.72. The van der Waals surface area contributed by atoms with Gasteiger partial charge in [0.25, 0.3) is 5.91 Å². The Hall–Kier alpha value is -2.04. The first-order valence-electron chi connectivity index (χ1n) is 8.91. The van der Waals surface area contributed by atoms with Crippen molar-refractivity contribution in [1.82, 2.24) is 4.90 Å². The highest BCUT2D eigenvalue weighted by molar-refractivity contribution is 5.99. The summed E-state index contributed by atoms with van der Waals surface area (Å²) in [4.78, 5) is 26.4. The largest absolute Gasteiger partial charge is 0.507 e. The summed E-state index contributed by atoms with van der Waals surface area (Å²) >= 11 is 0. The van der Waals surface area contributed by atoms with Crippen LogP contribution in [0.3, 0.4) is 0 Å². The molecular formula is C19H24N2O3. The van der Waals surface area contributed by atoms with Crippen LogP contribution in [0.5, 0.6) is 5.75 Å². The van der Waals surface area contributed by atoms with E-state index in [1.54, 1.807) is 12.1 Å². The Bertz CT molecular complexity index is 673. The van der Waals surface area contributed by atoms with Crippen molar-refractivity contribution in [2.45, 2.75) is 45.1 Å². The van der Waals surface area contributed by atoms with Crippen molar-refractivity contribution in [2.24, 2.45) is 17.8 Å². The number of fused-ring (bicyclic) bond motifs is 1. The van der Waals surface area contributed by atoms with E-state index >= 15 is 0 Å². The summed E-state index contributed by atoms with van der Waals surface area (Å²) in [6, 6.07) is 5.00. The number of nitrogens with one attached hydrogen (secondary N) is 1. The van der Waals surface area contributed by atoms with E-state index in [4.69, 9.17) is 0 Å². The standard InChI is InChI=1S/C19H24N2O3/c1-11(22)20-15-2-3-18(23)17(9-15)19(24)21-10-14-5-12-4-13(6-14)8-16(21)7-12/h2-3,9,12-14,16,23H,4-8,10H2,1H3,(H,20,22). The number of phenolic OH excluding ortho intramolecular Hbond substituents is 1. The Morgan fingerprint density at radius 2 is 1.75 bits per heavy atom. The van der Waals surface area contributed by atoms with Gasteiger partial charge in [-0.25, -0.2) is 0 Å². The van der Waals surface area contributed by atoms with Crippen molar-refractivity contribution < 1.29 is 14.7 Å². The Morgan fingerprint density at radius 3 is 2.42 bits per heavy atom. The lowest BCUT2D eigenvalue weighted by molar-refractivity contribution is -0.114. The molecule has 5 rings (SSSR count). The van der Waals surface area contributed by atoms with Gasteiger partial charge in [-0.15, -0.1) is 0 Å². The second kappa shape index (κ2) is 5.80. The van der Waals surface area contributed by atoms with E-state index in [0.717, 1.165) is 31.2 Å². The van der Waals surface area contributed by atoms with E-state index in [0.29, 0.717) is 23.2 Å². The second-order valence-electron chi connectivity index (χ2n) is 7.80. The molecule has 128 valence electrons. The normalized spacial score (nSPS) is 31.0. The molecule has 5 nitrogen and oxygen atoms in total. The van der Waals surface area contributed by atoms with Crippen molar-refractivity contribution in [2.75, 3.05) is 11.9 Å². The van der Waals surface area contributed by atoms with Crippen LogP contribution in [-0.2, 0) is 4.79 Å². The molecule has 2 unspecified atom stereocenters. The molecule has 0 aromatic heterocycles. The van der Waals surface area contributed by atoms with Crippen LogP contribution in [-0.4, -0.2) is 34.4 Å². The summed E-state index contributed by atoms with van der Waals surface area (Å²) in [5, 5.41) is 12.9. The Kier molecular flexibility index (Phi) is 3.74. The van der Waals surface area contributed by atoms with E-state index < -0.39 is 0 Å². The lowest BCUT2D eigenvalue weighted by Crippen LogP contribution is -2.42. The molecule has 5 heteroatoms. The molecule has 2 amide bonds. The van der Waals surface area contributed by atoms with Gasteiger partial charge < -0.3 is 15.3 Å². The molecule has 4 bridgehead atoms. The molecule has 0 radical (unpaired) electrons. The predicted molar refractivity (Wildman–Crippen MR) is 90.8 cm³/mol. The van der Waals surface area contributed by atoms with Crippen molar-refractivity contribution in [1.29, 1.82) is 0 Å². The highest BCUT2D eigenvalue weighted by atomic mass is 16.3. The van der Waals surface area contributed by atoms with Crippen LogP contribution in [0.4, 0.5) is 5.69 Å². The molecule has 2 aliphatic heterocycles. The van der Waals surface area contributed by atoms with Crippen LogP contribution >= 0.6 is 0 Å². The molecule has 2 heterocycles. The van der Waals surface area contributed by atoms with Gasteiger partial charge in [-0.05, 0) is 68.1 Å². The van der Waals surface area contributed by atoms with Gasteiger partial charge in [-0.2, -0.15) is 0 Å². The number of nitrogens with zero attached hydrogens (tertiary/aromatic N) is 1. The lowest BCUT2D eigenvalue weighted by atomic mass is 9.68. The van der Waals surface area contributed by atoms with Crippen molar-refractivity contribution in [3.8, 4) is 5.75 Å². The number of carbonyl (C=O) groups is 2. The zero-order valence-corrected chi connectivity index (χ0v) is 14.0. The predicted octanol–water partition coefficient (Wildman–Crippen LogP) is 3.00. The first-order valence-corrected chi connectivity index (χ1v) is 8.91. The van der Waals surface area contributed by atoms with Crippen LogP contribution in [0.1, 0.15) is 49.4 Å². The first kappa shape index (κ1) is 15.5. The van der Waals surface area contributed by atoms with E-state index in [9.17, 15) is 14.7 Å². The van der Waals surface area contributed by atoms with E-state index in [-0.39, 0.29) is 17.6 Å². The number of benzene rings is 1. The summed E-state index contributed by atoms with van der Waals surface area (Å²) in [5.41, 5.74) is 0.840. The Balaban J connectivity index is 1.62. The minimum Gasteiger partial charge on any atom is -0.507 e. The fraction of sp³-hybridized carbons (Fsp3) is 0.579. The van der Waals surface area contributed by atoms with Gasteiger partial charge in [0.1, 0.15) is 5.75 Å². The molecule has 1 aromatic carbocycles. The maximum atomic E-state index is 13.1. The van der Waals surface area contributed by atoms with Gasteiger partial charge >= 0.3 is 0 Å². The van der Waals surface area contributed by atoms with E-state index in [2.05, 4.69) is 5.32 Å². The van der Waals surface area contributed by atoms with Crippen LogP contribution < -0.4 is 5.32 Å². The smallest absolute Gasteiger partial charge is 0.257 e. The molecule has 4 fully saturated rings. The lowest BCUT2D eigenvalue weighted by Gasteiger charge is -2.39. The van der Waals surface area contributed by atoms with Crippen molar-refractivity contribution in [3.05, 3.63) is 23.8 Å². The molecule has 24 heavy (non-hydrogen) atoms. The third kappa shape index (κ3) is 2.76. The maximum absolute atomic E-state index is 13.1. The van der Waals surface area contributed by atoms with Crippen LogP contribution in [0.15, 0.2) is 18.2 Å². The monoisotopic (exact) mass is 328 g/mol. The summed E-state index contributed by atoms with van der Waals surface area (Å²) in [6.45, 7) is 2.23. The number of aromatic hydroxyl groups is 1. The fourth-order valence-electron chi connectivity index (χ4n) is 5.18. The van der Waals surface area contributed by atoms with Crippen molar-refractivity contribution in [3.63, 3.8) is 0 Å². The quantitative estimate of drug-likeness (QED) is 0.820. The molecule has 2 saturated heterocycles. The van der Waals surface area contributed by atoms with E-state index in [1.165, 1.54) is 32.3 Å². The van der Waals surface area contributed by atoms with Gasteiger partial charge in [-0.1, -0.05) is 0 Å². The second-order valence-corrected chi connectivity index (χ2v) is 7.80. The van der Waals surface area contributed by atoms with Crippen LogP contribution in [0, 0.1) is 17.8 Å². The van der Waals surface area contributed by atoms with Crippen LogP contribution in [0.25, 0.3) is 0 Å². The average molecular weight is 328 g/mol. The molecule has 2 saturated carbocycles. The van der Waals surface area contributed by atoms with Crippen LogP contribution in [0.2, 0.25) is 0 Å². The minimum absolute atomic E-state index is 0.0157. The van der Waals surface area contributed by atoms with Gasteiger partial charge in [0.15, 0.2) is 0 Å². The summed E-state index contributed by atoms with van der Waals surface area (Å²) < 4.78 is 0. The molecular weight excluding hydrogens is 304 g/mol. The minimum atomic E-state index is -0.190. The van der Waals surface area contributed by atoms with Gasteiger partial charge in [0, 0.05) is 25.2 Å². The van der Waals surface area contributed by atoms with Crippen molar-refractivity contribution >= 4 is 17.5 Å². The Morgan fingerprint density at radius 1 is 1.08 bits per heavy atom. The fourth-order valence-corrected chi connectivity index (χ4v) is 5.18. The molecule has 2 N–H and O–H groups in total. The topological polar surface area (TPSA) is 69.6 Å². The first-order chi connectivity index (χ1) is 11.5. The Labute approximate surface area is 142 Å². The van der Waals surface area contributed by atoms with E-state index in [1.807, 2.05) is 4.90 Å². The number of rotatable bonds is 2. The number of amides is 2. The highest BCUT2D eigenvalue weighted by Gasteiger charge is 2.44. The summed E-state index contributed by atoms with van der Waals surface area (Å²) in [5.74, 6) is 1.83. The summed E-state index contributed by atoms with van der Waals surface area (Å²) in [7, 11) is 0. The number of hydrogen-bond donors (Lipinski definition) is 2. The molecule has 2 atom stereocenters. The van der Waals surface area contributed by atoms with Gasteiger partial charge in [0.05, 0.1) is 5.56 Å². The zero-order valence-electron chi connectivity index (χ0n) is 14.0. The zero-order chi connectivity index (χ0) is 16.8. The number of hydrogen-bond acceptors (Lipinski definition) is 3. The van der Waals surface area contributed by atoms with Gasteiger partial charge in [0.2, 0.25) is 5.91 Å². The third-order valence-electron chi connectivity index (χ3n) is 5.91. The molecule has 4 aliphatic rings. The SMILES string of the molecule is CC(=O)Nc1ccc(O)c(C(=O)N2CC3CC4CC(C3)CC2C4)c1. The van der Waals surface area contributed by atoms with Gasteiger partial charge in [-0.3, -0.25) is 9.59 Å². The maximum Gasteiger partial charge on any atom is 0.257 e. The summed E-state index contributed by atoms with van der Waals surface area (Å²) in [6.07, 6.45) is 6.03. The number of anilines is 1. The highest BCUT2D eigenvalue weighted by Crippen LogP contribution is 2.47. The molecule has 2 aliphatic carbocycles. The molecule has 1 aromatic rings. The number of phenols is 1. The number of carbonyl (C=O) groups excluding carboxylic acids is 2. The molecule has 0 spiro atoms.